The number of halogens is 1. The van der Waals surface area contributed by atoms with Crippen LogP contribution in [-0.2, 0) is 6.42 Å². The SMILES string of the molecule is CC(C)(C)C1CCC(Br)C(Cc2cccc(O)c2)C1. The fraction of sp³-hybridized carbons (Fsp3) is 0.647. The van der Waals surface area contributed by atoms with Gasteiger partial charge in [-0.05, 0) is 60.6 Å². The van der Waals surface area contributed by atoms with Crippen molar-refractivity contribution in [3.8, 4) is 5.75 Å². The van der Waals surface area contributed by atoms with Crippen LogP contribution in [0.3, 0.4) is 0 Å². The maximum atomic E-state index is 9.58. The molecule has 1 N–H and O–H groups in total. The highest BCUT2D eigenvalue weighted by molar-refractivity contribution is 9.09. The third-order valence-electron chi connectivity index (χ3n) is 4.52. The maximum Gasteiger partial charge on any atom is 0.115 e. The van der Waals surface area contributed by atoms with Gasteiger partial charge in [0.2, 0.25) is 0 Å². The Morgan fingerprint density at radius 2 is 2.00 bits per heavy atom. The fourth-order valence-corrected chi connectivity index (χ4v) is 3.88. The number of benzene rings is 1. The maximum absolute atomic E-state index is 9.58. The summed E-state index contributed by atoms with van der Waals surface area (Å²) in [6, 6.07) is 7.71. The Balaban J connectivity index is 2.05. The van der Waals surface area contributed by atoms with Crippen molar-refractivity contribution in [3.05, 3.63) is 29.8 Å². The molecule has 0 aromatic heterocycles. The predicted octanol–water partition coefficient (Wildman–Crippen LogP) is 5.16. The van der Waals surface area contributed by atoms with Crippen LogP contribution in [0.1, 0.15) is 45.6 Å². The molecule has 2 rings (SSSR count). The van der Waals surface area contributed by atoms with Crippen molar-refractivity contribution in [2.45, 2.75) is 51.3 Å². The number of hydrogen-bond donors (Lipinski definition) is 1. The van der Waals surface area contributed by atoms with Crippen LogP contribution >= 0.6 is 15.9 Å². The van der Waals surface area contributed by atoms with Crippen LogP contribution < -0.4 is 0 Å². The van der Waals surface area contributed by atoms with E-state index in [2.05, 4.69) is 42.8 Å². The molecule has 0 bridgehead atoms. The van der Waals surface area contributed by atoms with Crippen molar-refractivity contribution in [3.63, 3.8) is 0 Å². The molecule has 1 aromatic rings. The van der Waals surface area contributed by atoms with E-state index in [-0.39, 0.29) is 0 Å². The summed E-state index contributed by atoms with van der Waals surface area (Å²) in [5.74, 6) is 1.87. The Morgan fingerprint density at radius 1 is 1.26 bits per heavy atom. The molecule has 1 aliphatic carbocycles. The first-order valence-corrected chi connectivity index (χ1v) is 8.20. The molecule has 1 nitrogen and oxygen atoms in total. The zero-order chi connectivity index (χ0) is 14.0. The quantitative estimate of drug-likeness (QED) is 0.745. The van der Waals surface area contributed by atoms with E-state index >= 15 is 0 Å². The van der Waals surface area contributed by atoms with Gasteiger partial charge in [-0.25, -0.2) is 0 Å². The second-order valence-corrected chi connectivity index (χ2v) is 8.20. The van der Waals surface area contributed by atoms with Gasteiger partial charge < -0.3 is 5.11 Å². The summed E-state index contributed by atoms with van der Waals surface area (Å²) < 4.78 is 0. The Morgan fingerprint density at radius 3 is 2.63 bits per heavy atom. The van der Waals surface area contributed by atoms with Crippen LogP contribution in [0.5, 0.6) is 5.75 Å². The second-order valence-electron chi connectivity index (χ2n) is 7.03. The standard InChI is InChI=1S/C17H25BrO/c1-17(2,3)14-7-8-16(18)13(11-14)9-12-5-4-6-15(19)10-12/h4-6,10,13-14,16,19H,7-9,11H2,1-3H3. The number of phenols is 1. The molecule has 0 radical (unpaired) electrons. The number of rotatable bonds is 2. The topological polar surface area (TPSA) is 20.2 Å². The summed E-state index contributed by atoms with van der Waals surface area (Å²) in [6.07, 6.45) is 4.95. The van der Waals surface area contributed by atoms with E-state index < -0.39 is 0 Å². The van der Waals surface area contributed by atoms with Gasteiger partial charge in [0.05, 0.1) is 0 Å². The molecular formula is C17H25BrO. The van der Waals surface area contributed by atoms with E-state index in [0.29, 0.717) is 21.9 Å². The lowest BCUT2D eigenvalue weighted by atomic mass is 9.68. The Kier molecular flexibility index (Phi) is 4.60. The number of phenolic OH excluding ortho intramolecular Hbond substituents is 1. The van der Waals surface area contributed by atoms with Crippen LogP contribution in [0.2, 0.25) is 0 Å². The summed E-state index contributed by atoms with van der Waals surface area (Å²) >= 11 is 3.86. The van der Waals surface area contributed by atoms with Gasteiger partial charge in [-0.15, -0.1) is 0 Å². The van der Waals surface area contributed by atoms with Crippen LogP contribution in [0, 0.1) is 17.3 Å². The Labute approximate surface area is 125 Å². The first kappa shape index (κ1) is 14.9. The van der Waals surface area contributed by atoms with Crippen LogP contribution in [0.4, 0.5) is 0 Å². The fourth-order valence-electron chi connectivity index (χ4n) is 3.21. The summed E-state index contributed by atoms with van der Waals surface area (Å²) in [4.78, 5) is 0.619. The van der Waals surface area contributed by atoms with Gasteiger partial charge in [-0.3, -0.25) is 0 Å². The highest BCUT2D eigenvalue weighted by atomic mass is 79.9. The Hall–Kier alpha value is -0.500. The minimum absolute atomic E-state index is 0.381. The van der Waals surface area contributed by atoms with Crippen molar-refractivity contribution in [1.29, 1.82) is 0 Å². The lowest BCUT2D eigenvalue weighted by molar-refractivity contribution is 0.146. The zero-order valence-electron chi connectivity index (χ0n) is 12.2. The number of alkyl halides is 1. The van der Waals surface area contributed by atoms with Crippen molar-refractivity contribution in [2.24, 2.45) is 17.3 Å². The summed E-state index contributed by atoms with van der Waals surface area (Å²) in [5.41, 5.74) is 1.66. The summed E-state index contributed by atoms with van der Waals surface area (Å²) in [7, 11) is 0. The van der Waals surface area contributed by atoms with E-state index in [9.17, 15) is 5.11 Å². The molecule has 1 aromatic carbocycles. The van der Waals surface area contributed by atoms with Crippen molar-refractivity contribution >= 4 is 15.9 Å². The summed E-state index contributed by atoms with van der Waals surface area (Å²) in [5, 5.41) is 9.58. The Bertz CT molecular complexity index is 422. The van der Waals surface area contributed by atoms with E-state index in [1.165, 1.54) is 24.8 Å². The highest BCUT2D eigenvalue weighted by Gasteiger charge is 2.34. The highest BCUT2D eigenvalue weighted by Crippen LogP contribution is 2.43. The first-order valence-electron chi connectivity index (χ1n) is 7.28. The first-order chi connectivity index (χ1) is 8.86. The van der Waals surface area contributed by atoms with E-state index in [0.717, 1.165) is 12.3 Å². The van der Waals surface area contributed by atoms with Crippen LogP contribution in [0.15, 0.2) is 24.3 Å². The molecule has 0 heterocycles. The average Bonchev–Trinajstić information content (AvgIpc) is 2.30. The van der Waals surface area contributed by atoms with E-state index in [4.69, 9.17) is 0 Å². The van der Waals surface area contributed by atoms with Crippen molar-refractivity contribution in [2.75, 3.05) is 0 Å². The minimum Gasteiger partial charge on any atom is -0.508 e. The monoisotopic (exact) mass is 324 g/mol. The molecule has 19 heavy (non-hydrogen) atoms. The molecular weight excluding hydrogens is 300 g/mol. The zero-order valence-corrected chi connectivity index (χ0v) is 13.8. The van der Waals surface area contributed by atoms with Gasteiger partial charge in [0.25, 0.3) is 0 Å². The molecule has 0 spiro atoms. The third kappa shape index (κ3) is 3.98. The van der Waals surface area contributed by atoms with Crippen molar-refractivity contribution in [1.82, 2.24) is 0 Å². The van der Waals surface area contributed by atoms with Gasteiger partial charge in [0, 0.05) is 4.83 Å². The third-order valence-corrected chi connectivity index (χ3v) is 5.73. The van der Waals surface area contributed by atoms with Crippen LogP contribution in [-0.4, -0.2) is 9.93 Å². The van der Waals surface area contributed by atoms with Gasteiger partial charge >= 0.3 is 0 Å². The molecule has 3 unspecified atom stereocenters. The van der Waals surface area contributed by atoms with Gasteiger partial charge in [0.1, 0.15) is 5.75 Å². The molecule has 1 aliphatic rings. The molecule has 1 fully saturated rings. The molecule has 0 saturated heterocycles. The smallest absolute Gasteiger partial charge is 0.115 e. The lowest BCUT2D eigenvalue weighted by Gasteiger charge is -2.40. The second kappa shape index (κ2) is 5.87. The van der Waals surface area contributed by atoms with Crippen LogP contribution in [0.25, 0.3) is 0 Å². The average molecular weight is 325 g/mol. The molecule has 3 atom stereocenters. The van der Waals surface area contributed by atoms with E-state index in [1.54, 1.807) is 6.07 Å². The number of hydrogen-bond acceptors (Lipinski definition) is 1. The van der Waals surface area contributed by atoms with Gasteiger partial charge in [-0.1, -0.05) is 48.8 Å². The van der Waals surface area contributed by atoms with Gasteiger partial charge in [0.15, 0.2) is 0 Å². The normalized spacial score (nSPS) is 28.3. The molecule has 1 saturated carbocycles. The molecule has 2 heteroatoms. The lowest BCUT2D eigenvalue weighted by Crippen LogP contribution is -2.33. The molecule has 0 aliphatic heterocycles. The largest absolute Gasteiger partial charge is 0.508 e. The van der Waals surface area contributed by atoms with E-state index in [1.807, 2.05) is 12.1 Å². The number of aromatic hydroxyl groups is 1. The molecule has 0 amide bonds. The van der Waals surface area contributed by atoms with Crippen molar-refractivity contribution < 1.29 is 5.11 Å². The van der Waals surface area contributed by atoms with Gasteiger partial charge in [-0.2, -0.15) is 0 Å². The summed E-state index contributed by atoms with van der Waals surface area (Å²) in [6.45, 7) is 7.08. The molecule has 106 valence electrons. The minimum atomic E-state index is 0.381. The predicted molar refractivity (Wildman–Crippen MR) is 84.8 cm³/mol.